The van der Waals surface area contributed by atoms with Gasteiger partial charge in [-0.15, -0.1) is 0 Å². The molecule has 3 N–H and O–H groups in total. The van der Waals surface area contributed by atoms with Crippen LogP contribution >= 0.6 is 0 Å². The van der Waals surface area contributed by atoms with Gasteiger partial charge in [-0.05, 0) is 31.0 Å². The number of hydrogen-bond donors (Lipinski definition) is 2. The first-order valence-electron chi connectivity index (χ1n) is 8.60. The summed E-state index contributed by atoms with van der Waals surface area (Å²) in [7, 11) is -1.85. The van der Waals surface area contributed by atoms with Gasteiger partial charge in [0.25, 0.3) is 0 Å². The highest BCUT2D eigenvalue weighted by molar-refractivity contribution is 7.89. The van der Waals surface area contributed by atoms with Crippen LogP contribution in [0.2, 0.25) is 0 Å². The molecule has 0 aliphatic heterocycles. The summed E-state index contributed by atoms with van der Waals surface area (Å²) >= 11 is 0. The minimum absolute atomic E-state index is 0.0413. The van der Waals surface area contributed by atoms with E-state index in [1.54, 1.807) is 23.0 Å². The first-order chi connectivity index (χ1) is 12.8. The van der Waals surface area contributed by atoms with Crippen molar-refractivity contribution in [1.29, 1.82) is 0 Å². The van der Waals surface area contributed by atoms with Crippen LogP contribution in [0.4, 0.5) is 0 Å². The molecule has 2 heterocycles. The largest absolute Gasteiger partial charge is 0.359 e. The molecule has 0 spiro atoms. The fourth-order valence-electron chi connectivity index (χ4n) is 2.90. The van der Waals surface area contributed by atoms with E-state index in [0.29, 0.717) is 12.3 Å². The lowest BCUT2D eigenvalue weighted by Crippen LogP contribution is -2.21. The SMILES string of the molecule is CCC(NCc1cc(-c2cnn(C)c2C)no1)c1cccc(S(N)(=O)=O)c1. The summed E-state index contributed by atoms with van der Waals surface area (Å²) in [4.78, 5) is 0.106. The van der Waals surface area contributed by atoms with Crippen LogP contribution in [0.1, 0.15) is 36.4 Å². The van der Waals surface area contributed by atoms with Crippen molar-refractivity contribution < 1.29 is 12.9 Å². The van der Waals surface area contributed by atoms with Crippen molar-refractivity contribution in [3.63, 3.8) is 0 Å². The molecule has 0 saturated carbocycles. The maximum absolute atomic E-state index is 11.6. The fourth-order valence-corrected chi connectivity index (χ4v) is 3.47. The Hall–Kier alpha value is -2.49. The number of rotatable bonds is 7. The smallest absolute Gasteiger partial charge is 0.238 e. The van der Waals surface area contributed by atoms with Crippen LogP contribution in [-0.4, -0.2) is 23.4 Å². The number of aryl methyl sites for hydroxylation is 1. The average molecular weight is 389 g/mol. The zero-order chi connectivity index (χ0) is 19.6. The van der Waals surface area contributed by atoms with Crippen LogP contribution in [-0.2, 0) is 23.6 Å². The van der Waals surface area contributed by atoms with Crippen LogP contribution in [0.25, 0.3) is 11.3 Å². The van der Waals surface area contributed by atoms with Crippen LogP contribution in [0, 0.1) is 6.92 Å². The van der Waals surface area contributed by atoms with Crippen molar-refractivity contribution in [2.75, 3.05) is 0 Å². The molecule has 144 valence electrons. The van der Waals surface area contributed by atoms with Crippen molar-refractivity contribution in [3.05, 3.63) is 53.5 Å². The minimum Gasteiger partial charge on any atom is -0.359 e. The van der Waals surface area contributed by atoms with Gasteiger partial charge in [-0.1, -0.05) is 24.2 Å². The normalized spacial score (nSPS) is 13.0. The maximum Gasteiger partial charge on any atom is 0.238 e. The van der Waals surface area contributed by atoms with Gasteiger partial charge in [0.05, 0.1) is 17.6 Å². The van der Waals surface area contributed by atoms with E-state index in [1.165, 1.54) is 6.07 Å². The molecule has 2 aromatic heterocycles. The van der Waals surface area contributed by atoms with Crippen LogP contribution < -0.4 is 10.5 Å². The predicted octanol–water partition coefficient (Wildman–Crippen LogP) is 2.27. The number of primary sulfonamides is 1. The van der Waals surface area contributed by atoms with Crippen molar-refractivity contribution in [2.24, 2.45) is 12.2 Å². The molecule has 1 atom stereocenters. The molecule has 0 aliphatic rings. The number of sulfonamides is 1. The van der Waals surface area contributed by atoms with E-state index in [2.05, 4.69) is 15.6 Å². The van der Waals surface area contributed by atoms with E-state index in [4.69, 9.17) is 9.66 Å². The van der Waals surface area contributed by atoms with Crippen molar-refractivity contribution in [2.45, 2.75) is 37.8 Å². The Kier molecular flexibility index (Phi) is 5.45. The van der Waals surface area contributed by atoms with Crippen molar-refractivity contribution in [1.82, 2.24) is 20.3 Å². The lowest BCUT2D eigenvalue weighted by atomic mass is 10.0. The molecule has 9 heteroatoms. The summed E-state index contributed by atoms with van der Waals surface area (Å²) in [5.41, 5.74) is 3.53. The highest BCUT2D eigenvalue weighted by Gasteiger charge is 2.16. The molecular formula is C18H23N5O3S. The number of hydrogen-bond acceptors (Lipinski definition) is 6. The van der Waals surface area contributed by atoms with Gasteiger partial charge in [-0.2, -0.15) is 5.10 Å². The first-order valence-corrected chi connectivity index (χ1v) is 10.1. The van der Waals surface area contributed by atoms with E-state index in [9.17, 15) is 8.42 Å². The van der Waals surface area contributed by atoms with Crippen molar-refractivity contribution in [3.8, 4) is 11.3 Å². The second-order valence-corrected chi connectivity index (χ2v) is 7.97. The van der Waals surface area contributed by atoms with Crippen LogP contribution in [0.15, 0.2) is 45.9 Å². The third-order valence-electron chi connectivity index (χ3n) is 4.59. The number of benzene rings is 1. The van der Waals surface area contributed by atoms with E-state index < -0.39 is 10.0 Å². The summed E-state index contributed by atoms with van der Waals surface area (Å²) in [6, 6.07) is 8.49. The lowest BCUT2D eigenvalue weighted by Gasteiger charge is -2.17. The van der Waals surface area contributed by atoms with Crippen LogP contribution in [0.3, 0.4) is 0 Å². The van der Waals surface area contributed by atoms with Crippen molar-refractivity contribution >= 4 is 10.0 Å². The molecule has 0 aliphatic carbocycles. The monoisotopic (exact) mass is 389 g/mol. The lowest BCUT2D eigenvalue weighted by molar-refractivity contribution is 0.363. The molecule has 1 unspecified atom stereocenters. The second kappa shape index (κ2) is 7.63. The highest BCUT2D eigenvalue weighted by atomic mass is 32.2. The quantitative estimate of drug-likeness (QED) is 0.640. The maximum atomic E-state index is 11.6. The van der Waals surface area contributed by atoms with Gasteiger partial charge in [-0.3, -0.25) is 4.68 Å². The van der Waals surface area contributed by atoms with Gasteiger partial charge >= 0.3 is 0 Å². The molecule has 3 aromatic rings. The molecule has 8 nitrogen and oxygen atoms in total. The summed E-state index contributed by atoms with van der Waals surface area (Å²) in [6.45, 7) is 4.46. The summed E-state index contributed by atoms with van der Waals surface area (Å²) in [5.74, 6) is 0.689. The Labute approximate surface area is 158 Å². The van der Waals surface area contributed by atoms with Gasteiger partial charge in [0.15, 0.2) is 5.76 Å². The Balaban J connectivity index is 1.73. The number of nitrogens with two attached hydrogens (primary N) is 1. The number of aromatic nitrogens is 3. The molecule has 0 radical (unpaired) electrons. The Bertz CT molecular complexity index is 1040. The minimum atomic E-state index is -3.73. The van der Waals surface area contributed by atoms with Gasteiger partial charge in [0.1, 0.15) is 5.69 Å². The van der Waals surface area contributed by atoms with Gasteiger partial charge in [-0.25, -0.2) is 13.6 Å². The highest BCUT2D eigenvalue weighted by Crippen LogP contribution is 2.24. The molecular weight excluding hydrogens is 366 g/mol. The van der Waals surface area contributed by atoms with Gasteiger partial charge in [0.2, 0.25) is 10.0 Å². The van der Waals surface area contributed by atoms with E-state index >= 15 is 0 Å². The van der Waals surface area contributed by atoms with E-state index in [0.717, 1.165) is 28.9 Å². The molecule has 0 saturated heterocycles. The van der Waals surface area contributed by atoms with Gasteiger partial charge in [0, 0.05) is 30.4 Å². The zero-order valence-electron chi connectivity index (χ0n) is 15.5. The van der Waals surface area contributed by atoms with Gasteiger partial charge < -0.3 is 9.84 Å². The summed E-state index contributed by atoms with van der Waals surface area (Å²) < 4.78 is 30.4. The zero-order valence-corrected chi connectivity index (χ0v) is 16.3. The van der Waals surface area contributed by atoms with E-state index in [1.807, 2.05) is 33.0 Å². The number of nitrogens with one attached hydrogen (secondary N) is 1. The second-order valence-electron chi connectivity index (χ2n) is 6.40. The molecule has 0 bridgehead atoms. The Morgan fingerprint density at radius 2 is 2.11 bits per heavy atom. The third-order valence-corrected chi connectivity index (χ3v) is 5.50. The molecule has 1 aromatic carbocycles. The summed E-state index contributed by atoms with van der Waals surface area (Å²) in [6.07, 6.45) is 2.54. The average Bonchev–Trinajstić information content (AvgIpc) is 3.22. The van der Waals surface area contributed by atoms with E-state index in [-0.39, 0.29) is 10.9 Å². The van der Waals surface area contributed by atoms with Crippen LogP contribution in [0.5, 0.6) is 0 Å². The standard InChI is InChI=1S/C18H23N5O3S/c1-4-17(13-6-5-7-15(8-13)27(19,24)25)20-10-14-9-18(22-26-14)16-11-21-23(3)12(16)2/h5-9,11,17,20H,4,10H2,1-3H3,(H2,19,24,25). The molecule has 0 fully saturated rings. The topological polar surface area (TPSA) is 116 Å². The predicted molar refractivity (Wildman–Crippen MR) is 101 cm³/mol. The Morgan fingerprint density at radius 3 is 2.74 bits per heavy atom. The number of nitrogens with zero attached hydrogens (tertiary/aromatic N) is 3. The first kappa shape index (κ1) is 19.3. The third kappa shape index (κ3) is 4.26. The molecule has 0 amide bonds. The molecule has 27 heavy (non-hydrogen) atoms. The Morgan fingerprint density at radius 1 is 1.33 bits per heavy atom. The summed E-state index contributed by atoms with van der Waals surface area (Å²) in [5, 5.41) is 16.9. The molecule has 3 rings (SSSR count). The fraction of sp³-hybridized carbons (Fsp3) is 0.333.